The number of anilines is 2. The molecule has 0 aromatic heterocycles. The number of ether oxygens (including phenoxy) is 1. The van der Waals surface area contributed by atoms with E-state index < -0.39 is 0 Å². The Bertz CT molecular complexity index is 428. The Balaban J connectivity index is 1.78. The Morgan fingerprint density at radius 2 is 2.05 bits per heavy atom. The molecular formula is C17H29N3O. The molecule has 1 heterocycles. The molecule has 1 fully saturated rings. The van der Waals surface area contributed by atoms with Gasteiger partial charge in [-0.25, -0.2) is 0 Å². The molecule has 1 aromatic rings. The topological polar surface area (TPSA) is 50.5 Å². The van der Waals surface area contributed by atoms with Gasteiger partial charge in [-0.2, -0.15) is 0 Å². The van der Waals surface area contributed by atoms with Gasteiger partial charge in [0.15, 0.2) is 0 Å². The minimum atomic E-state index is 0.731. The fourth-order valence-corrected chi connectivity index (χ4v) is 2.67. The molecule has 1 saturated heterocycles. The molecule has 0 amide bonds. The van der Waals surface area contributed by atoms with Crippen molar-refractivity contribution in [2.75, 3.05) is 43.8 Å². The van der Waals surface area contributed by atoms with Crippen LogP contribution in [0.1, 0.15) is 33.1 Å². The van der Waals surface area contributed by atoms with E-state index >= 15 is 0 Å². The van der Waals surface area contributed by atoms with Crippen molar-refractivity contribution in [1.82, 2.24) is 4.90 Å². The van der Waals surface area contributed by atoms with Crippen molar-refractivity contribution in [3.63, 3.8) is 0 Å². The second-order valence-electron chi connectivity index (χ2n) is 6.09. The van der Waals surface area contributed by atoms with Gasteiger partial charge in [0, 0.05) is 36.6 Å². The summed E-state index contributed by atoms with van der Waals surface area (Å²) in [6.45, 7) is 9.67. The summed E-state index contributed by atoms with van der Waals surface area (Å²) in [5.41, 5.74) is 7.73. The lowest BCUT2D eigenvalue weighted by molar-refractivity contribution is 0.199. The summed E-state index contributed by atoms with van der Waals surface area (Å²) in [7, 11) is 0. The summed E-state index contributed by atoms with van der Waals surface area (Å²) in [6.07, 6.45) is 3.66. The Morgan fingerprint density at radius 3 is 2.76 bits per heavy atom. The van der Waals surface area contributed by atoms with Crippen LogP contribution in [0, 0.1) is 5.92 Å². The Kier molecular flexibility index (Phi) is 6.18. The molecule has 118 valence electrons. The first-order valence-electron chi connectivity index (χ1n) is 8.17. The number of hydrogen-bond donors (Lipinski definition) is 2. The van der Waals surface area contributed by atoms with Crippen LogP contribution in [-0.2, 0) is 0 Å². The summed E-state index contributed by atoms with van der Waals surface area (Å²) in [4.78, 5) is 2.54. The third kappa shape index (κ3) is 5.46. The molecule has 0 atom stereocenters. The van der Waals surface area contributed by atoms with Gasteiger partial charge in [-0.15, -0.1) is 0 Å². The SMILES string of the molecule is CCCOc1cc(N)cc(NCCN2CCC(C)CC2)c1. The average molecular weight is 291 g/mol. The van der Waals surface area contributed by atoms with Crippen molar-refractivity contribution in [2.45, 2.75) is 33.1 Å². The van der Waals surface area contributed by atoms with Gasteiger partial charge in [-0.1, -0.05) is 13.8 Å². The summed E-state index contributed by atoms with van der Waals surface area (Å²) >= 11 is 0. The van der Waals surface area contributed by atoms with E-state index in [1.807, 2.05) is 18.2 Å². The van der Waals surface area contributed by atoms with E-state index in [0.717, 1.165) is 49.2 Å². The molecular weight excluding hydrogens is 262 g/mol. The van der Waals surface area contributed by atoms with Gasteiger partial charge in [-0.3, -0.25) is 0 Å². The monoisotopic (exact) mass is 291 g/mol. The lowest BCUT2D eigenvalue weighted by Crippen LogP contribution is -2.36. The van der Waals surface area contributed by atoms with E-state index in [0.29, 0.717) is 0 Å². The Morgan fingerprint density at radius 1 is 1.29 bits per heavy atom. The molecule has 1 aromatic carbocycles. The number of nitrogen functional groups attached to an aromatic ring is 1. The lowest BCUT2D eigenvalue weighted by atomic mass is 9.99. The van der Waals surface area contributed by atoms with Crippen molar-refractivity contribution in [2.24, 2.45) is 5.92 Å². The van der Waals surface area contributed by atoms with Crippen LogP contribution in [0.5, 0.6) is 5.75 Å². The summed E-state index contributed by atoms with van der Waals surface area (Å²) in [6, 6.07) is 5.88. The van der Waals surface area contributed by atoms with E-state index in [4.69, 9.17) is 10.5 Å². The minimum Gasteiger partial charge on any atom is -0.493 e. The Labute approximate surface area is 128 Å². The number of rotatable bonds is 7. The third-order valence-electron chi connectivity index (χ3n) is 4.04. The van der Waals surface area contributed by atoms with Crippen molar-refractivity contribution < 1.29 is 4.74 Å². The molecule has 2 rings (SSSR count). The van der Waals surface area contributed by atoms with Gasteiger partial charge in [-0.05, 0) is 44.3 Å². The van der Waals surface area contributed by atoms with Crippen LogP contribution in [0.4, 0.5) is 11.4 Å². The first-order valence-corrected chi connectivity index (χ1v) is 8.17. The van der Waals surface area contributed by atoms with Crippen LogP contribution >= 0.6 is 0 Å². The van der Waals surface area contributed by atoms with E-state index in [1.165, 1.54) is 25.9 Å². The molecule has 1 aliphatic heterocycles. The van der Waals surface area contributed by atoms with E-state index in [-0.39, 0.29) is 0 Å². The zero-order valence-corrected chi connectivity index (χ0v) is 13.4. The number of nitrogens with zero attached hydrogens (tertiary/aromatic N) is 1. The first-order chi connectivity index (χ1) is 10.2. The number of nitrogens with one attached hydrogen (secondary N) is 1. The van der Waals surface area contributed by atoms with E-state index in [1.54, 1.807) is 0 Å². The largest absolute Gasteiger partial charge is 0.493 e. The Hall–Kier alpha value is -1.42. The first kappa shape index (κ1) is 16.0. The van der Waals surface area contributed by atoms with Gasteiger partial charge < -0.3 is 20.7 Å². The number of benzene rings is 1. The zero-order chi connectivity index (χ0) is 15.1. The molecule has 0 saturated carbocycles. The number of piperidine rings is 1. The minimum absolute atomic E-state index is 0.731. The van der Waals surface area contributed by atoms with Gasteiger partial charge in [0.05, 0.1) is 6.61 Å². The molecule has 3 N–H and O–H groups in total. The van der Waals surface area contributed by atoms with Crippen molar-refractivity contribution in [3.8, 4) is 5.75 Å². The van der Waals surface area contributed by atoms with Crippen molar-refractivity contribution in [3.05, 3.63) is 18.2 Å². The maximum Gasteiger partial charge on any atom is 0.123 e. The van der Waals surface area contributed by atoms with Gasteiger partial charge in [0.2, 0.25) is 0 Å². The third-order valence-corrected chi connectivity index (χ3v) is 4.04. The number of nitrogens with two attached hydrogens (primary N) is 1. The average Bonchev–Trinajstić information content (AvgIpc) is 2.47. The van der Waals surface area contributed by atoms with Gasteiger partial charge in [0.1, 0.15) is 5.75 Å². The summed E-state index contributed by atoms with van der Waals surface area (Å²) in [5, 5.41) is 3.46. The molecule has 0 bridgehead atoms. The fourth-order valence-electron chi connectivity index (χ4n) is 2.67. The second-order valence-corrected chi connectivity index (χ2v) is 6.09. The van der Waals surface area contributed by atoms with Crippen molar-refractivity contribution >= 4 is 11.4 Å². The van der Waals surface area contributed by atoms with E-state index in [9.17, 15) is 0 Å². The highest BCUT2D eigenvalue weighted by Gasteiger charge is 2.14. The molecule has 4 heteroatoms. The van der Waals surface area contributed by atoms with Crippen LogP contribution in [0.25, 0.3) is 0 Å². The second kappa shape index (κ2) is 8.13. The summed E-state index contributed by atoms with van der Waals surface area (Å²) in [5.74, 6) is 1.74. The summed E-state index contributed by atoms with van der Waals surface area (Å²) < 4.78 is 5.65. The molecule has 0 radical (unpaired) electrons. The number of likely N-dealkylation sites (tertiary alicyclic amines) is 1. The standard InChI is InChI=1S/C17H29N3O/c1-3-10-21-17-12-15(18)11-16(13-17)19-6-9-20-7-4-14(2)5-8-20/h11-14,19H,3-10,18H2,1-2H3. The van der Waals surface area contributed by atoms with Crippen molar-refractivity contribution in [1.29, 1.82) is 0 Å². The normalized spacial score (nSPS) is 16.9. The van der Waals surface area contributed by atoms with Crippen LogP contribution in [0.15, 0.2) is 18.2 Å². The number of hydrogen-bond acceptors (Lipinski definition) is 4. The molecule has 21 heavy (non-hydrogen) atoms. The van der Waals surface area contributed by atoms with Crippen LogP contribution in [0.3, 0.4) is 0 Å². The van der Waals surface area contributed by atoms with Gasteiger partial charge >= 0.3 is 0 Å². The quantitative estimate of drug-likeness (QED) is 0.758. The smallest absolute Gasteiger partial charge is 0.123 e. The molecule has 0 spiro atoms. The highest BCUT2D eigenvalue weighted by atomic mass is 16.5. The van der Waals surface area contributed by atoms with Gasteiger partial charge in [0.25, 0.3) is 0 Å². The predicted octanol–water partition coefficient (Wildman–Crippen LogP) is 3.20. The highest BCUT2D eigenvalue weighted by molar-refractivity contribution is 5.59. The predicted molar refractivity (Wildman–Crippen MR) is 90.0 cm³/mol. The fraction of sp³-hybridized carbons (Fsp3) is 0.647. The molecule has 0 aliphatic carbocycles. The highest BCUT2D eigenvalue weighted by Crippen LogP contribution is 2.23. The van der Waals surface area contributed by atoms with Crippen LogP contribution in [-0.4, -0.2) is 37.7 Å². The lowest BCUT2D eigenvalue weighted by Gasteiger charge is -2.30. The maximum atomic E-state index is 5.93. The molecule has 4 nitrogen and oxygen atoms in total. The maximum absolute atomic E-state index is 5.93. The zero-order valence-electron chi connectivity index (χ0n) is 13.4. The molecule has 1 aliphatic rings. The molecule has 0 unspecified atom stereocenters. The van der Waals surface area contributed by atoms with Crippen LogP contribution < -0.4 is 15.8 Å². The van der Waals surface area contributed by atoms with Crippen LogP contribution in [0.2, 0.25) is 0 Å². The van der Waals surface area contributed by atoms with E-state index in [2.05, 4.69) is 24.1 Å².